The Bertz CT molecular complexity index is 485. The van der Waals surface area contributed by atoms with E-state index in [0.29, 0.717) is 11.7 Å². The van der Waals surface area contributed by atoms with Gasteiger partial charge in [-0.3, -0.25) is 5.10 Å². The highest BCUT2D eigenvalue weighted by molar-refractivity contribution is 6.30. The topological polar surface area (TPSA) is 54.7 Å². The van der Waals surface area contributed by atoms with Crippen molar-refractivity contribution in [3.63, 3.8) is 0 Å². The molecule has 16 heavy (non-hydrogen) atoms. The summed E-state index contributed by atoms with van der Waals surface area (Å²) in [5.41, 5.74) is 8.95. The fourth-order valence-electron chi connectivity index (χ4n) is 1.71. The number of nitrogens with one attached hydrogen (secondary N) is 1. The second kappa shape index (κ2) is 4.18. The maximum Gasteiger partial charge on any atom is 0.153 e. The van der Waals surface area contributed by atoms with E-state index < -0.39 is 0 Å². The normalized spacial score (nSPS) is 11.0. The number of anilines is 1. The fourth-order valence-corrected chi connectivity index (χ4v) is 1.83. The quantitative estimate of drug-likeness (QED) is 0.838. The molecule has 0 saturated carbocycles. The SMILES string of the molecule is CC(C)c1[nH]nc(N)c1-c1ccc(Cl)cc1. The van der Waals surface area contributed by atoms with Crippen LogP contribution in [-0.2, 0) is 0 Å². The second-order valence-corrected chi connectivity index (χ2v) is 4.50. The highest BCUT2D eigenvalue weighted by Gasteiger charge is 2.15. The van der Waals surface area contributed by atoms with Gasteiger partial charge in [-0.05, 0) is 23.6 Å². The van der Waals surface area contributed by atoms with Crippen molar-refractivity contribution in [2.75, 3.05) is 5.73 Å². The van der Waals surface area contributed by atoms with E-state index in [1.807, 2.05) is 24.3 Å². The van der Waals surface area contributed by atoms with Gasteiger partial charge in [0.05, 0.1) is 0 Å². The maximum absolute atomic E-state index is 5.87. The molecule has 84 valence electrons. The van der Waals surface area contributed by atoms with Gasteiger partial charge in [-0.15, -0.1) is 0 Å². The standard InChI is InChI=1S/C12H14ClN3/c1-7(2)11-10(12(14)16-15-11)8-3-5-9(13)6-4-8/h3-7H,1-2H3,(H3,14,15,16). The van der Waals surface area contributed by atoms with Crippen LogP contribution in [0.1, 0.15) is 25.5 Å². The third-order valence-electron chi connectivity index (χ3n) is 2.53. The highest BCUT2D eigenvalue weighted by Crippen LogP contribution is 2.32. The van der Waals surface area contributed by atoms with Gasteiger partial charge in [0.15, 0.2) is 5.82 Å². The number of H-pyrrole nitrogens is 1. The average molecular weight is 236 g/mol. The van der Waals surface area contributed by atoms with Crippen LogP contribution in [0.3, 0.4) is 0 Å². The summed E-state index contributed by atoms with van der Waals surface area (Å²) in [4.78, 5) is 0. The maximum atomic E-state index is 5.87. The number of halogens is 1. The lowest BCUT2D eigenvalue weighted by atomic mass is 9.99. The van der Waals surface area contributed by atoms with Crippen molar-refractivity contribution >= 4 is 17.4 Å². The summed E-state index contributed by atoms with van der Waals surface area (Å²) in [7, 11) is 0. The first-order chi connectivity index (χ1) is 7.59. The van der Waals surface area contributed by atoms with Crippen molar-refractivity contribution in [1.82, 2.24) is 10.2 Å². The molecule has 3 N–H and O–H groups in total. The predicted octanol–water partition coefficient (Wildman–Crippen LogP) is 3.44. The van der Waals surface area contributed by atoms with Crippen LogP contribution in [0.15, 0.2) is 24.3 Å². The summed E-state index contributed by atoms with van der Waals surface area (Å²) in [6, 6.07) is 7.62. The molecular weight excluding hydrogens is 222 g/mol. The Morgan fingerprint density at radius 3 is 2.44 bits per heavy atom. The van der Waals surface area contributed by atoms with Crippen molar-refractivity contribution in [3.05, 3.63) is 35.0 Å². The van der Waals surface area contributed by atoms with Crippen LogP contribution in [0.4, 0.5) is 5.82 Å². The van der Waals surface area contributed by atoms with Crippen molar-refractivity contribution < 1.29 is 0 Å². The monoisotopic (exact) mass is 235 g/mol. The zero-order chi connectivity index (χ0) is 11.7. The summed E-state index contributed by atoms with van der Waals surface area (Å²) in [6.07, 6.45) is 0. The Morgan fingerprint density at radius 2 is 1.88 bits per heavy atom. The van der Waals surface area contributed by atoms with Crippen molar-refractivity contribution in [2.45, 2.75) is 19.8 Å². The molecule has 0 aliphatic rings. The smallest absolute Gasteiger partial charge is 0.153 e. The number of aromatic amines is 1. The molecule has 0 spiro atoms. The van der Waals surface area contributed by atoms with E-state index in [2.05, 4.69) is 24.0 Å². The molecule has 0 bridgehead atoms. The number of nitrogen functional groups attached to an aromatic ring is 1. The first kappa shape index (κ1) is 11.0. The molecule has 0 aliphatic carbocycles. The van der Waals surface area contributed by atoms with Gasteiger partial charge in [-0.25, -0.2) is 0 Å². The van der Waals surface area contributed by atoms with Gasteiger partial charge in [-0.2, -0.15) is 5.10 Å². The van der Waals surface area contributed by atoms with E-state index in [-0.39, 0.29) is 0 Å². The zero-order valence-corrected chi connectivity index (χ0v) is 10.0. The van der Waals surface area contributed by atoms with E-state index in [0.717, 1.165) is 21.8 Å². The van der Waals surface area contributed by atoms with Crippen molar-refractivity contribution in [1.29, 1.82) is 0 Å². The number of hydrogen-bond acceptors (Lipinski definition) is 2. The van der Waals surface area contributed by atoms with Crippen LogP contribution in [0.5, 0.6) is 0 Å². The van der Waals surface area contributed by atoms with Crippen molar-refractivity contribution in [3.8, 4) is 11.1 Å². The van der Waals surface area contributed by atoms with Crippen LogP contribution in [0.25, 0.3) is 11.1 Å². The minimum absolute atomic E-state index is 0.357. The Hall–Kier alpha value is -1.48. The van der Waals surface area contributed by atoms with Crippen LogP contribution >= 0.6 is 11.6 Å². The third kappa shape index (κ3) is 1.91. The molecule has 0 fully saturated rings. The molecule has 2 aromatic rings. The van der Waals surface area contributed by atoms with Gasteiger partial charge >= 0.3 is 0 Å². The molecule has 0 saturated heterocycles. The Kier molecular flexibility index (Phi) is 2.88. The molecule has 1 aromatic heterocycles. The molecule has 2 rings (SSSR count). The number of rotatable bonds is 2. The van der Waals surface area contributed by atoms with E-state index in [1.165, 1.54) is 0 Å². The van der Waals surface area contributed by atoms with Gasteiger partial charge < -0.3 is 5.73 Å². The lowest BCUT2D eigenvalue weighted by Gasteiger charge is -2.07. The average Bonchev–Trinajstić information content (AvgIpc) is 2.62. The fraction of sp³-hybridized carbons (Fsp3) is 0.250. The minimum Gasteiger partial charge on any atom is -0.382 e. The lowest BCUT2D eigenvalue weighted by molar-refractivity contribution is 0.812. The number of benzene rings is 1. The molecule has 0 radical (unpaired) electrons. The summed E-state index contributed by atoms with van der Waals surface area (Å²) < 4.78 is 0. The second-order valence-electron chi connectivity index (χ2n) is 4.06. The lowest BCUT2D eigenvalue weighted by Crippen LogP contribution is -1.92. The summed E-state index contributed by atoms with van der Waals surface area (Å²) >= 11 is 5.86. The van der Waals surface area contributed by atoms with Gasteiger partial charge in [0.1, 0.15) is 0 Å². The number of nitrogens with zero attached hydrogens (tertiary/aromatic N) is 1. The molecule has 1 heterocycles. The Labute approximate surface area is 99.6 Å². The van der Waals surface area contributed by atoms with Gasteiger partial charge in [0.2, 0.25) is 0 Å². The first-order valence-corrected chi connectivity index (χ1v) is 5.57. The zero-order valence-electron chi connectivity index (χ0n) is 9.29. The highest BCUT2D eigenvalue weighted by atomic mass is 35.5. The Morgan fingerprint density at radius 1 is 1.25 bits per heavy atom. The van der Waals surface area contributed by atoms with Gasteiger partial charge in [0, 0.05) is 16.3 Å². The molecule has 0 unspecified atom stereocenters. The number of aromatic nitrogens is 2. The molecule has 4 heteroatoms. The minimum atomic E-state index is 0.357. The van der Waals surface area contributed by atoms with E-state index in [4.69, 9.17) is 17.3 Å². The van der Waals surface area contributed by atoms with Gasteiger partial charge in [0.25, 0.3) is 0 Å². The summed E-state index contributed by atoms with van der Waals surface area (Å²) in [5.74, 6) is 0.890. The van der Waals surface area contributed by atoms with Gasteiger partial charge in [-0.1, -0.05) is 37.6 Å². The summed E-state index contributed by atoms with van der Waals surface area (Å²) in [5, 5.41) is 7.75. The third-order valence-corrected chi connectivity index (χ3v) is 2.78. The largest absolute Gasteiger partial charge is 0.382 e. The molecule has 1 aromatic carbocycles. The van der Waals surface area contributed by atoms with Crippen LogP contribution < -0.4 is 5.73 Å². The van der Waals surface area contributed by atoms with Crippen LogP contribution in [0, 0.1) is 0 Å². The Balaban J connectivity index is 2.54. The molecule has 0 atom stereocenters. The molecular formula is C12H14ClN3. The molecule has 0 amide bonds. The predicted molar refractivity (Wildman–Crippen MR) is 67.5 cm³/mol. The van der Waals surface area contributed by atoms with E-state index in [9.17, 15) is 0 Å². The van der Waals surface area contributed by atoms with Crippen LogP contribution in [0.2, 0.25) is 5.02 Å². The first-order valence-electron chi connectivity index (χ1n) is 5.19. The number of hydrogen-bond donors (Lipinski definition) is 2. The van der Waals surface area contributed by atoms with Crippen molar-refractivity contribution in [2.24, 2.45) is 0 Å². The van der Waals surface area contributed by atoms with E-state index >= 15 is 0 Å². The molecule has 3 nitrogen and oxygen atoms in total. The van der Waals surface area contributed by atoms with E-state index in [1.54, 1.807) is 0 Å². The number of nitrogens with two attached hydrogens (primary N) is 1. The van der Waals surface area contributed by atoms with Crippen LogP contribution in [-0.4, -0.2) is 10.2 Å². The summed E-state index contributed by atoms with van der Waals surface area (Å²) in [6.45, 7) is 4.21. The molecule has 0 aliphatic heterocycles.